The Morgan fingerprint density at radius 3 is 1.19 bits per heavy atom. The lowest BCUT2D eigenvalue weighted by atomic mass is 9.90. The van der Waals surface area contributed by atoms with Crippen LogP contribution >= 0.6 is 0 Å². The van der Waals surface area contributed by atoms with Gasteiger partial charge in [0.25, 0.3) is 0 Å². The van der Waals surface area contributed by atoms with Crippen LogP contribution in [0.2, 0.25) is 5.04 Å². The summed E-state index contributed by atoms with van der Waals surface area (Å²) >= 11 is 0. The lowest BCUT2D eigenvalue weighted by Crippen LogP contribution is -2.57. The van der Waals surface area contributed by atoms with Crippen LogP contribution in [0.25, 0.3) is 43.6 Å². The van der Waals surface area contributed by atoms with Crippen molar-refractivity contribution in [1.29, 1.82) is 0 Å². The normalized spacial score (nSPS) is 14.7. The Labute approximate surface area is 276 Å². The molecule has 1 aliphatic rings. The summed E-state index contributed by atoms with van der Waals surface area (Å²) in [5.41, 5.74) is 10.0. The SMILES string of the molecule is CC(C)(C)[Si]1(c2ccccc2)C(c2cnc3ccccc3n2)=C(c2ccccc2)C(c2ccccc2)=C1c1cnc2ccccc2n1. The molecular formula is C42H34N4Si. The Kier molecular flexibility index (Phi) is 7.00. The Hall–Kier alpha value is -5.52. The average molecular weight is 623 g/mol. The van der Waals surface area contributed by atoms with Crippen LogP contribution in [0, 0.1) is 0 Å². The fourth-order valence-corrected chi connectivity index (χ4v) is 13.7. The van der Waals surface area contributed by atoms with E-state index in [4.69, 9.17) is 19.9 Å². The number of hydrogen-bond donors (Lipinski definition) is 0. The minimum atomic E-state index is -3.06. The molecule has 0 saturated heterocycles. The number of para-hydroxylation sites is 4. The maximum Gasteiger partial charge on any atom is 0.160 e. The smallest absolute Gasteiger partial charge is 0.160 e. The summed E-state index contributed by atoms with van der Waals surface area (Å²) in [6, 6.07) is 49.0. The molecule has 2 aromatic heterocycles. The summed E-state index contributed by atoms with van der Waals surface area (Å²) in [6.07, 6.45) is 3.99. The molecule has 0 spiro atoms. The van der Waals surface area contributed by atoms with E-state index in [1.165, 1.54) is 26.7 Å². The Balaban J connectivity index is 1.62. The zero-order valence-corrected chi connectivity index (χ0v) is 27.7. The van der Waals surface area contributed by atoms with Crippen molar-refractivity contribution in [3.8, 4) is 0 Å². The van der Waals surface area contributed by atoms with Crippen molar-refractivity contribution in [2.75, 3.05) is 0 Å². The summed E-state index contributed by atoms with van der Waals surface area (Å²) in [7, 11) is -3.06. The Morgan fingerprint density at radius 1 is 0.426 bits per heavy atom. The molecule has 0 unspecified atom stereocenters. The molecule has 8 rings (SSSR count). The number of hydrogen-bond acceptors (Lipinski definition) is 4. The second-order valence-electron chi connectivity index (χ2n) is 13.1. The van der Waals surface area contributed by atoms with Crippen LogP contribution in [-0.4, -0.2) is 28.0 Å². The topological polar surface area (TPSA) is 51.6 Å². The minimum absolute atomic E-state index is 0.226. The van der Waals surface area contributed by atoms with Crippen LogP contribution < -0.4 is 5.19 Å². The van der Waals surface area contributed by atoms with Crippen LogP contribution in [0.15, 0.2) is 152 Å². The highest BCUT2D eigenvalue weighted by molar-refractivity contribution is 7.23. The van der Waals surface area contributed by atoms with E-state index in [9.17, 15) is 0 Å². The van der Waals surface area contributed by atoms with E-state index in [-0.39, 0.29) is 5.04 Å². The van der Waals surface area contributed by atoms with Gasteiger partial charge in [-0.25, -0.2) is 9.97 Å². The van der Waals surface area contributed by atoms with Gasteiger partial charge in [-0.05, 0) is 67.2 Å². The zero-order valence-electron chi connectivity index (χ0n) is 26.7. The third kappa shape index (κ3) is 4.65. The Morgan fingerprint density at radius 2 is 0.787 bits per heavy atom. The molecule has 0 atom stereocenters. The number of aromatic nitrogens is 4. The lowest BCUT2D eigenvalue weighted by molar-refractivity contribution is 0.741. The highest BCUT2D eigenvalue weighted by Crippen LogP contribution is 2.62. The highest BCUT2D eigenvalue weighted by Gasteiger charge is 2.59. The fraction of sp³-hybridized carbons (Fsp3) is 0.0952. The van der Waals surface area contributed by atoms with E-state index in [1.54, 1.807) is 0 Å². The van der Waals surface area contributed by atoms with Gasteiger partial charge in [0, 0.05) is 0 Å². The quantitative estimate of drug-likeness (QED) is 0.180. The van der Waals surface area contributed by atoms with Gasteiger partial charge in [0.1, 0.15) is 0 Å². The third-order valence-electron chi connectivity index (χ3n) is 9.37. The van der Waals surface area contributed by atoms with E-state index in [2.05, 4.69) is 124 Å². The van der Waals surface area contributed by atoms with Gasteiger partial charge in [-0.1, -0.05) is 136 Å². The average Bonchev–Trinajstić information content (AvgIpc) is 3.46. The minimum Gasteiger partial charge on any atom is -0.252 e. The van der Waals surface area contributed by atoms with E-state index in [0.717, 1.165) is 44.6 Å². The van der Waals surface area contributed by atoms with Gasteiger partial charge in [-0.15, -0.1) is 0 Å². The monoisotopic (exact) mass is 622 g/mol. The maximum absolute atomic E-state index is 5.43. The third-order valence-corrected chi connectivity index (χ3v) is 15.3. The molecule has 0 radical (unpaired) electrons. The van der Waals surface area contributed by atoms with Gasteiger partial charge in [0.15, 0.2) is 8.07 Å². The van der Waals surface area contributed by atoms with Crippen molar-refractivity contribution >= 4 is 56.9 Å². The summed E-state index contributed by atoms with van der Waals surface area (Å²) in [5, 5.41) is 3.59. The molecular weight excluding hydrogens is 589 g/mol. The predicted octanol–water partition coefficient (Wildman–Crippen LogP) is 9.34. The molecule has 0 fully saturated rings. The van der Waals surface area contributed by atoms with E-state index in [1.807, 2.05) is 48.8 Å². The van der Waals surface area contributed by atoms with E-state index < -0.39 is 8.07 Å². The van der Waals surface area contributed by atoms with E-state index in [0.29, 0.717) is 0 Å². The molecule has 7 aromatic rings. The summed E-state index contributed by atoms with van der Waals surface area (Å²) in [5.74, 6) is 0. The summed E-state index contributed by atoms with van der Waals surface area (Å²) < 4.78 is 0. The molecule has 5 aromatic carbocycles. The van der Waals surface area contributed by atoms with Crippen molar-refractivity contribution < 1.29 is 0 Å². The number of nitrogens with zero attached hydrogens (tertiary/aromatic N) is 4. The van der Waals surface area contributed by atoms with Crippen LogP contribution in [-0.2, 0) is 0 Å². The highest BCUT2D eigenvalue weighted by atomic mass is 28.3. The second-order valence-corrected chi connectivity index (χ2v) is 17.7. The second kappa shape index (κ2) is 11.4. The van der Waals surface area contributed by atoms with Crippen molar-refractivity contribution in [3.63, 3.8) is 0 Å². The summed E-state index contributed by atoms with van der Waals surface area (Å²) in [6.45, 7) is 7.18. The van der Waals surface area contributed by atoms with Crippen LogP contribution in [0.5, 0.6) is 0 Å². The van der Waals surface area contributed by atoms with Crippen molar-refractivity contribution in [1.82, 2.24) is 19.9 Å². The zero-order chi connectivity index (χ0) is 32.0. The molecule has 0 amide bonds. The van der Waals surface area contributed by atoms with Gasteiger partial charge in [0.2, 0.25) is 0 Å². The van der Waals surface area contributed by atoms with Gasteiger partial charge in [-0.3, -0.25) is 9.97 Å². The fourth-order valence-electron chi connectivity index (χ4n) is 7.49. The van der Waals surface area contributed by atoms with Gasteiger partial charge in [-0.2, -0.15) is 0 Å². The number of benzene rings is 5. The number of rotatable bonds is 5. The first-order valence-electron chi connectivity index (χ1n) is 16.1. The largest absolute Gasteiger partial charge is 0.252 e. The standard InChI is InChI=1S/C42H34N4Si/c1-42(2,3)47(31-21-11-6-12-22-31)40(36-27-43-32-23-13-15-25-34(32)45-36)38(29-17-7-4-8-18-29)39(30-19-9-5-10-20-30)41(47)37-28-44-33-24-14-16-26-35(33)46-37/h4-28H,1-3H3. The Bertz CT molecular complexity index is 2180. The lowest BCUT2D eigenvalue weighted by Gasteiger charge is -2.44. The molecule has 5 heteroatoms. The molecule has 0 bridgehead atoms. The van der Waals surface area contributed by atoms with Gasteiger partial charge < -0.3 is 0 Å². The first-order valence-corrected chi connectivity index (χ1v) is 18.1. The van der Waals surface area contributed by atoms with Crippen molar-refractivity contribution in [2.24, 2.45) is 0 Å². The van der Waals surface area contributed by atoms with E-state index >= 15 is 0 Å². The van der Waals surface area contributed by atoms with Gasteiger partial charge in [0.05, 0.1) is 45.8 Å². The van der Waals surface area contributed by atoms with Crippen LogP contribution in [0.1, 0.15) is 43.3 Å². The molecule has 1 aliphatic heterocycles. The first kappa shape index (κ1) is 28.9. The molecule has 0 N–H and O–H groups in total. The number of fused-ring (bicyclic) bond motifs is 2. The molecule has 4 nitrogen and oxygen atoms in total. The number of allylic oxidation sites excluding steroid dienone is 2. The van der Waals surface area contributed by atoms with Crippen LogP contribution in [0.3, 0.4) is 0 Å². The van der Waals surface area contributed by atoms with Crippen molar-refractivity contribution in [2.45, 2.75) is 25.8 Å². The molecule has 0 aliphatic carbocycles. The summed E-state index contributed by atoms with van der Waals surface area (Å²) in [4.78, 5) is 20.9. The molecule has 226 valence electrons. The molecule has 47 heavy (non-hydrogen) atoms. The van der Waals surface area contributed by atoms with Gasteiger partial charge >= 0.3 is 0 Å². The van der Waals surface area contributed by atoms with Crippen molar-refractivity contribution in [3.05, 3.63) is 174 Å². The first-order chi connectivity index (χ1) is 23.0. The maximum atomic E-state index is 5.43. The molecule has 0 saturated carbocycles. The molecule has 3 heterocycles. The predicted molar refractivity (Wildman–Crippen MR) is 197 cm³/mol. The van der Waals surface area contributed by atoms with Crippen LogP contribution in [0.4, 0.5) is 0 Å².